The Morgan fingerprint density at radius 1 is 1.25 bits per heavy atom. The maximum atomic E-state index is 5.34. The molecule has 1 aliphatic heterocycles. The van der Waals surface area contributed by atoms with E-state index in [1.54, 1.807) is 0 Å². The van der Waals surface area contributed by atoms with Crippen LogP contribution in [-0.4, -0.2) is 23.2 Å². The standard InChI is InChI=1S/C12H19N3O/c1-4-10(5-1)12-14-11(16-15-12)7-9-3-2-6-13-8-9/h9-10,13H,1-8H2. The molecule has 1 aromatic heterocycles. The first-order valence-electron chi connectivity index (χ1n) is 6.45. The van der Waals surface area contributed by atoms with Crippen molar-refractivity contribution in [1.29, 1.82) is 0 Å². The highest BCUT2D eigenvalue weighted by Crippen LogP contribution is 2.34. The molecule has 3 rings (SSSR count). The highest BCUT2D eigenvalue weighted by Gasteiger charge is 2.25. The Labute approximate surface area is 95.8 Å². The summed E-state index contributed by atoms with van der Waals surface area (Å²) >= 11 is 0. The van der Waals surface area contributed by atoms with E-state index in [-0.39, 0.29) is 0 Å². The smallest absolute Gasteiger partial charge is 0.226 e. The van der Waals surface area contributed by atoms with Gasteiger partial charge in [0.25, 0.3) is 0 Å². The predicted molar refractivity (Wildman–Crippen MR) is 60.2 cm³/mol. The zero-order chi connectivity index (χ0) is 10.8. The molecule has 0 amide bonds. The van der Waals surface area contributed by atoms with Crippen molar-refractivity contribution in [1.82, 2.24) is 15.5 Å². The number of piperidine rings is 1. The van der Waals surface area contributed by atoms with Crippen LogP contribution in [0.15, 0.2) is 4.52 Å². The van der Waals surface area contributed by atoms with E-state index in [9.17, 15) is 0 Å². The molecule has 16 heavy (non-hydrogen) atoms. The first-order valence-corrected chi connectivity index (χ1v) is 6.45. The molecule has 0 bridgehead atoms. The minimum absolute atomic E-state index is 0.585. The molecule has 2 heterocycles. The second kappa shape index (κ2) is 4.53. The Hall–Kier alpha value is -0.900. The van der Waals surface area contributed by atoms with E-state index in [0.717, 1.165) is 31.2 Å². The fourth-order valence-corrected chi connectivity index (χ4v) is 2.53. The third-order valence-electron chi connectivity index (χ3n) is 3.82. The fourth-order valence-electron chi connectivity index (χ4n) is 2.53. The van der Waals surface area contributed by atoms with Crippen molar-refractivity contribution >= 4 is 0 Å². The third-order valence-corrected chi connectivity index (χ3v) is 3.82. The monoisotopic (exact) mass is 221 g/mol. The highest BCUT2D eigenvalue weighted by atomic mass is 16.5. The van der Waals surface area contributed by atoms with Crippen molar-refractivity contribution in [2.45, 2.75) is 44.4 Å². The molecule has 0 aromatic carbocycles. The first kappa shape index (κ1) is 10.3. The van der Waals surface area contributed by atoms with Gasteiger partial charge in [0.1, 0.15) is 0 Å². The van der Waals surface area contributed by atoms with Crippen molar-refractivity contribution < 1.29 is 4.52 Å². The predicted octanol–water partition coefficient (Wildman–Crippen LogP) is 1.88. The largest absolute Gasteiger partial charge is 0.339 e. The number of hydrogen-bond donors (Lipinski definition) is 1. The molecule has 2 aliphatic rings. The summed E-state index contributed by atoms with van der Waals surface area (Å²) in [5, 5.41) is 7.51. The molecule has 1 unspecified atom stereocenters. The summed E-state index contributed by atoms with van der Waals surface area (Å²) in [6.45, 7) is 2.26. The van der Waals surface area contributed by atoms with Gasteiger partial charge in [0, 0.05) is 12.3 Å². The first-order chi connectivity index (χ1) is 7.92. The maximum Gasteiger partial charge on any atom is 0.226 e. The quantitative estimate of drug-likeness (QED) is 0.846. The molecule has 4 heteroatoms. The highest BCUT2D eigenvalue weighted by molar-refractivity contribution is 5.00. The van der Waals surface area contributed by atoms with E-state index < -0.39 is 0 Å². The van der Waals surface area contributed by atoms with Gasteiger partial charge in [-0.05, 0) is 44.7 Å². The molecule has 1 aromatic rings. The van der Waals surface area contributed by atoms with E-state index in [1.165, 1.54) is 32.1 Å². The Morgan fingerprint density at radius 3 is 2.88 bits per heavy atom. The van der Waals surface area contributed by atoms with Crippen LogP contribution >= 0.6 is 0 Å². The summed E-state index contributed by atoms with van der Waals surface area (Å²) in [6.07, 6.45) is 7.31. The zero-order valence-electron chi connectivity index (χ0n) is 9.61. The van der Waals surface area contributed by atoms with E-state index >= 15 is 0 Å². The van der Waals surface area contributed by atoms with Gasteiger partial charge in [0.05, 0.1) is 0 Å². The van der Waals surface area contributed by atoms with Gasteiger partial charge in [-0.3, -0.25) is 0 Å². The van der Waals surface area contributed by atoms with Gasteiger partial charge in [-0.2, -0.15) is 4.98 Å². The molecule has 1 N–H and O–H groups in total. The van der Waals surface area contributed by atoms with Gasteiger partial charge in [-0.25, -0.2) is 0 Å². The van der Waals surface area contributed by atoms with Crippen LogP contribution in [0.4, 0.5) is 0 Å². The van der Waals surface area contributed by atoms with Crippen LogP contribution in [0, 0.1) is 5.92 Å². The van der Waals surface area contributed by atoms with Crippen LogP contribution in [0.3, 0.4) is 0 Å². The topological polar surface area (TPSA) is 51.0 Å². The second-order valence-electron chi connectivity index (χ2n) is 5.09. The van der Waals surface area contributed by atoms with Gasteiger partial charge in [-0.1, -0.05) is 11.6 Å². The van der Waals surface area contributed by atoms with Crippen LogP contribution < -0.4 is 5.32 Å². The molecule has 1 atom stereocenters. The summed E-state index contributed by atoms with van der Waals surface area (Å²) in [7, 11) is 0. The molecule has 1 saturated heterocycles. The number of nitrogens with one attached hydrogen (secondary N) is 1. The summed E-state index contributed by atoms with van der Waals surface area (Å²) < 4.78 is 5.34. The average Bonchev–Trinajstić information content (AvgIpc) is 2.65. The third kappa shape index (κ3) is 2.12. The summed E-state index contributed by atoms with van der Waals surface area (Å²) in [4.78, 5) is 4.52. The van der Waals surface area contributed by atoms with Crippen molar-refractivity contribution in [2.24, 2.45) is 5.92 Å². The second-order valence-corrected chi connectivity index (χ2v) is 5.09. The molecular formula is C12H19N3O. The SMILES string of the molecule is C1CNCC(Cc2nc(C3CCC3)no2)C1. The Bertz CT molecular complexity index is 340. The lowest BCUT2D eigenvalue weighted by Crippen LogP contribution is -2.30. The Kier molecular flexibility index (Phi) is 2.91. The summed E-state index contributed by atoms with van der Waals surface area (Å²) in [5.41, 5.74) is 0. The number of nitrogens with zero attached hydrogens (tertiary/aromatic N) is 2. The molecule has 0 spiro atoms. The van der Waals surface area contributed by atoms with Gasteiger partial charge in [0.15, 0.2) is 5.82 Å². The van der Waals surface area contributed by atoms with Crippen LogP contribution in [-0.2, 0) is 6.42 Å². The van der Waals surface area contributed by atoms with Crippen LogP contribution in [0.1, 0.15) is 49.7 Å². The molecule has 1 saturated carbocycles. The molecule has 0 radical (unpaired) electrons. The minimum atomic E-state index is 0.585. The lowest BCUT2D eigenvalue weighted by atomic mass is 9.85. The van der Waals surface area contributed by atoms with E-state index in [2.05, 4.69) is 15.5 Å². The molecule has 4 nitrogen and oxygen atoms in total. The molecule has 1 aliphatic carbocycles. The Balaban J connectivity index is 1.58. The molecular weight excluding hydrogens is 202 g/mol. The average molecular weight is 221 g/mol. The number of hydrogen-bond acceptors (Lipinski definition) is 4. The van der Waals surface area contributed by atoms with Crippen LogP contribution in [0.2, 0.25) is 0 Å². The van der Waals surface area contributed by atoms with Crippen molar-refractivity contribution in [2.75, 3.05) is 13.1 Å². The zero-order valence-corrected chi connectivity index (χ0v) is 9.61. The fraction of sp³-hybridized carbons (Fsp3) is 0.833. The van der Waals surface area contributed by atoms with Crippen molar-refractivity contribution in [3.63, 3.8) is 0 Å². The van der Waals surface area contributed by atoms with E-state index in [4.69, 9.17) is 4.52 Å². The van der Waals surface area contributed by atoms with Gasteiger partial charge in [0.2, 0.25) is 5.89 Å². The lowest BCUT2D eigenvalue weighted by Gasteiger charge is -2.21. The van der Waals surface area contributed by atoms with Crippen LogP contribution in [0.5, 0.6) is 0 Å². The van der Waals surface area contributed by atoms with Crippen molar-refractivity contribution in [3.8, 4) is 0 Å². The Morgan fingerprint density at radius 2 is 2.19 bits per heavy atom. The number of aromatic nitrogens is 2. The summed E-state index contributed by atoms with van der Waals surface area (Å²) in [6, 6.07) is 0. The normalized spacial score (nSPS) is 26.6. The molecule has 2 fully saturated rings. The van der Waals surface area contributed by atoms with Gasteiger partial charge >= 0.3 is 0 Å². The minimum Gasteiger partial charge on any atom is -0.339 e. The van der Waals surface area contributed by atoms with E-state index in [0.29, 0.717) is 11.8 Å². The number of rotatable bonds is 3. The van der Waals surface area contributed by atoms with Crippen molar-refractivity contribution in [3.05, 3.63) is 11.7 Å². The summed E-state index contributed by atoms with van der Waals surface area (Å²) in [5.74, 6) is 3.06. The van der Waals surface area contributed by atoms with Gasteiger partial charge in [-0.15, -0.1) is 0 Å². The van der Waals surface area contributed by atoms with Crippen LogP contribution in [0.25, 0.3) is 0 Å². The van der Waals surface area contributed by atoms with E-state index in [1.807, 2.05) is 0 Å². The maximum absolute atomic E-state index is 5.34. The van der Waals surface area contributed by atoms with Gasteiger partial charge < -0.3 is 9.84 Å². The molecule has 88 valence electrons. The lowest BCUT2D eigenvalue weighted by molar-refractivity contribution is 0.309.